The Labute approximate surface area is 209 Å². The molecule has 0 unspecified atom stereocenters. The fraction of sp³-hybridized carbons (Fsp3) is 0.286. The number of nitrogens with zero attached hydrogens (tertiary/aromatic N) is 1. The van der Waals surface area contributed by atoms with Crippen LogP contribution in [0.3, 0.4) is 0 Å². The summed E-state index contributed by atoms with van der Waals surface area (Å²) < 4.78 is 27.5. The number of hydrogen-bond donors (Lipinski definition) is 1. The van der Waals surface area contributed by atoms with Crippen molar-refractivity contribution in [2.75, 3.05) is 12.3 Å². The van der Waals surface area contributed by atoms with Crippen LogP contribution in [0.4, 0.5) is 8.78 Å². The van der Waals surface area contributed by atoms with E-state index in [0.29, 0.717) is 24.3 Å². The Morgan fingerprint density at radius 3 is 2.29 bits per heavy atom. The number of benzene rings is 3. The third-order valence-electron chi connectivity index (χ3n) is 5.53. The van der Waals surface area contributed by atoms with Gasteiger partial charge < -0.3 is 10.2 Å². The zero-order valence-corrected chi connectivity index (χ0v) is 20.6. The van der Waals surface area contributed by atoms with Crippen molar-refractivity contribution in [2.45, 2.75) is 38.1 Å². The first-order chi connectivity index (χ1) is 17.0. The van der Waals surface area contributed by atoms with Gasteiger partial charge >= 0.3 is 0 Å². The molecule has 0 saturated carbocycles. The summed E-state index contributed by atoms with van der Waals surface area (Å²) in [6.45, 7) is 2.63. The van der Waals surface area contributed by atoms with Crippen molar-refractivity contribution < 1.29 is 18.4 Å². The summed E-state index contributed by atoms with van der Waals surface area (Å²) in [5.74, 6) is -0.714. The Kier molecular flexibility index (Phi) is 10.3. The molecule has 3 rings (SSSR count). The van der Waals surface area contributed by atoms with Crippen LogP contribution in [-0.2, 0) is 28.3 Å². The van der Waals surface area contributed by atoms with Crippen LogP contribution in [0, 0.1) is 11.6 Å². The molecule has 7 heteroatoms. The molecule has 0 heterocycles. The van der Waals surface area contributed by atoms with E-state index in [1.807, 2.05) is 37.3 Å². The Bertz CT molecular complexity index is 1090. The molecule has 0 aromatic heterocycles. The van der Waals surface area contributed by atoms with Crippen molar-refractivity contribution in [1.82, 2.24) is 10.2 Å². The Morgan fingerprint density at radius 1 is 0.914 bits per heavy atom. The van der Waals surface area contributed by atoms with Crippen molar-refractivity contribution >= 4 is 23.6 Å². The quantitative estimate of drug-likeness (QED) is 0.367. The van der Waals surface area contributed by atoms with Crippen LogP contribution in [0.5, 0.6) is 0 Å². The molecule has 0 radical (unpaired) electrons. The van der Waals surface area contributed by atoms with Crippen molar-refractivity contribution in [3.05, 3.63) is 107 Å². The van der Waals surface area contributed by atoms with Gasteiger partial charge in [-0.25, -0.2) is 8.78 Å². The Hall–Kier alpha value is -3.19. The molecule has 3 aromatic rings. The number of thioether (sulfide) groups is 1. The average molecular weight is 497 g/mol. The van der Waals surface area contributed by atoms with E-state index in [2.05, 4.69) is 5.32 Å². The van der Waals surface area contributed by atoms with Gasteiger partial charge in [-0.1, -0.05) is 67.6 Å². The van der Waals surface area contributed by atoms with Crippen LogP contribution in [0.25, 0.3) is 0 Å². The molecule has 0 aliphatic heterocycles. The molecule has 3 aromatic carbocycles. The highest BCUT2D eigenvalue weighted by Gasteiger charge is 2.30. The summed E-state index contributed by atoms with van der Waals surface area (Å²) in [7, 11) is 0. The molecule has 1 N–H and O–H groups in total. The fourth-order valence-corrected chi connectivity index (χ4v) is 4.55. The number of hydrogen-bond acceptors (Lipinski definition) is 3. The lowest BCUT2D eigenvalue weighted by Crippen LogP contribution is -2.51. The van der Waals surface area contributed by atoms with Gasteiger partial charge in [0.05, 0.1) is 5.75 Å². The van der Waals surface area contributed by atoms with Gasteiger partial charge in [0.1, 0.15) is 17.7 Å². The van der Waals surface area contributed by atoms with Crippen LogP contribution in [0.1, 0.15) is 30.0 Å². The lowest BCUT2D eigenvalue weighted by atomic mass is 10.0. The summed E-state index contributed by atoms with van der Waals surface area (Å²) in [5, 5.41) is 2.92. The van der Waals surface area contributed by atoms with Crippen LogP contribution < -0.4 is 5.32 Å². The predicted octanol–water partition coefficient (Wildman–Crippen LogP) is 5.36. The van der Waals surface area contributed by atoms with E-state index < -0.39 is 6.04 Å². The fourth-order valence-electron chi connectivity index (χ4n) is 3.65. The molecule has 184 valence electrons. The van der Waals surface area contributed by atoms with E-state index in [4.69, 9.17) is 0 Å². The normalized spacial score (nSPS) is 11.6. The summed E-state index contributed by atoms with van der Waals surface area (Å²) >= 11 is 1.30. The highest BCUT2D eigenvalue weighted by atomic mass is 32.2. The second-order valence-corrected chi connectivity index (χ2v) is 9.21. The molecule has 0 aliphatic rings. The van der Waals surface area contributed by atoms with E-state index in [-0.39, 0.29) is 35.7 Å². The summed E-state index contributed by atoms with van der Waals surface area (Å²) in [6.07, 6.45) is 1.12. The smallest absolute Gasteiger partial charge is 0.243 e. The molecular formula is C28H30F2N2O2S. The van der Waals surface area contributed by atoms with Gasteiger partial charge in [0.15, 0.2) is 0 Å². The highest BCUT2D eigenvalue weighted by molar-refractivity contribution is 7.99. The van der Waals surface area contributed by atoms with E-state index in [1.54, 1.807) is 35.2 Å². The van der Waals surface area contributed by atoms with Crippen molar-refractivity contribution in [2.24, 2.45) is 0 Å². The molecule has 0 saturated heterocycles. The summed E-state index contributed by atoms with van der Waals surface area (Å²) in [5.41, 5.74) is 2.18. The lowest BCUT2D eigenvalue weighted by molar-refractivity contribution is -0.139. The maximum Gasteiger partial charge on any atom is 0.243 e. The third-order valence-corrected chi connectivity index (χ3v) is 6.49. The maximum atomic E-state index is 14.0. The van der Waals surface area contributed by atoms with E-state index in [1.165, 1.54) is 30.0 Å². The topological polar surface area (TPSA) is 49.4 Å². The number of amides is 2. The first-order valence-corrected chi connectivity index (χ1v) is 12.8. The lowest BCUT2D eigenvalue weighted by Gasteiger charge is -2.31. The van der Waals surface area contributed by atoms with Crippen LogP contribution >= 0.6 is 11.8 Å². The Morgan fingerprint density at radius 2 is 1.60 bits per heavy atom. The maximum absolute atomic E-state index is 14.0. The monoisotopic (exact) mass is 496 g/mol. The zero-order valence-electron chi connectivity index (χ0n) is 19.8. The minimum Gasteiger partial charge on any atom is -0.354 e. The molecule has 0 aliphatic carbocycles. The second kappa shape index (κ2) is 13.6. The minimum absolute atomic E-state index is 0.0852. The molecule has 2 amide bonds. The Balaban J connectivity index is 1.83. The van der Waals surface area contributed by atoms with Gasteiger partial charge in [-0.3, -0.25) is 9.59 Å². The van der Waals surface area contributed by atoms with E-state index >= 15 is 0 Å². The van der Waals surface area contributed by atoms with Crippen LogP contribution in [0.15, 0.2) is 78.9 Å². The molecule has 4 nitrogen and oxygen atoms in total. The number of nitrogens with one attached hydrogen (secondary N) is 1. The molecule has 35 heavy (non-hydrogen) atoms. The molecular weight excluding hydrogens is 466 g/mol. The number of rotatable bonds is 12. The van der Waals surface area contributed by atoms with Gasteiger partial charge in [-0.2, -0.15) is 0 Å². The highest BCUT2D eigenvalue weighted by Crippen LogP contribution is 2.20. The third kappa shape index (κ3) is 8.21. The van der Waals surface area contributed by atoms with Crippen molar-refractivity contribution in [3.8, 4) is 0 Å². The SMILES string of the molecule is CCCNC(=O)[C@H](Cc1ccccc1)N(Cc1ccc(F)cc1)C(=O)CSCc1ccccc1F. The number of halogens is 2. The van der Waals surface area contributed by atoms with Gasteiger partial charge in [0.2, 0.25) is 11.8 Å². The largest absolute Gasteiger partial charge is 0.354 e. The molecule has 1 atom stereocenters. The number of carbonyl (C=O) groups is 2. The van der Waals surface area contributed by atoms with Gasteiger partial charge in [0, 0.05) is 25.3 Å². The van der Waals surface area contributed by atoms with E-state index in [9.17, 15) is 18.4 Å². The number of carbonyl (C=O) groups excluding carboxylic acids is 2. The van der Waals surface area contributed by atoms with Gasteiger partial charge in [-0.15, -0.1) is 11.8 Å². The molecule has 0 bridgehead atoms. The van der Waals surface area contributed by atoms with E-state index in [0.717, 1.165) is 17.5 Å². The first-order valence-electron chi connectivity index (χ1n) is 11.6. The zero-order chi connectivity index (χ0) is 25.0. The van der Waals surface area contributed by atoms with Gasteiger partial charge in [0.25, 0.3) is 0 Å². The standard InChI is InChI=1S/C28H30F2N2O2S/c1-2-16-31-28(34)26(17-21-8-4-3-5-9-21)32(18-22-12-14-24(29)15-13-22)27(33)20-35-19-23-10-6-7-11-25(23)30/h3-15,26H,2,16-20H2,1H3,(H,31,34)/t26-/m0/s1. The van der Waals surface area contributed by atoms with Gasteiger partial charge in [-0.05, 0) is 41.3 Å². The second-order valence-electron chi connectivity index (χ2n) is 8.23. The molecule has 0 spiro atoms. The van der Waals surface area contributed by atoms with Crippen molar-refractivity contribution in [1.29, 1.82) is 0 Å². The average Bonchev–Trinajstić information content (AvgIpc) is 2.87. The van der Waals surface area contributed by atoms with Crippen LogP contribution in [0.2, 0.25) is 0 Å². The molecule has 0 fully saturated rings. The van der Waals surface area contributed by atoms with Crippen molar-refractivity contribution in [3.63, 3.8) is 0 Å². The predicted molar refractivity (Wildman–Crippen MR) is 137 cm³/mol. The summed E-state index contributed by atoms with van der Waals surface area (Å²) in [4.78, 5) is 28.2. The first kappa shape index (κ1) is 26.4. The van der Waals surface area contributed by atoms with Crippen LogP contribution in [-0.4, -0.2) is 35.1 Å². The summed E-state index contributed by atoms with van der Waals surface area (Å²) in [6, 6.07) is 21.2. The minimum atomic E-state index is -0.740.